The molecule has 0 fully saturated rings. The number of hydrogen-bond acceptors (Lipinski definition) is 2. The number of halogens is 2. The molecule has 0 aliphatic carbocycles. The third-order valence-corrected chi connectivity index (χ3v) is 3.45. The third-order valence-electron chi connectivity index (χ3n) is 2.26. The smallest absolute Gasteiger partial charge is 0.252 e. The molecule has 0 heterocycles. The van der Waals surface area contributed by atoms with E-state index in [2.05, 4.69) is 42.5 Å². The first-order valence-corrected chi connectivity index (χ1v) is 7.51. The van der Waals surface area contributed by atoms with Crippen LogP contribution in [0.25, 0.3) is 0 Å². The second kappa shape index (κ2) is 7.65. The normalized spacial score (nSPS) is 10.4. The molecule has 4 nitrogen and oxygen atoms in total. The van der Waals surface area contributed by atoms with E-state index in [-0.39, 0.29) is 24.3 Å². The van der Waals surface area contributed by atoms with Gasteiger partial charge in [0.15, 0.2) is 0 Å². The largest absolute Gasteiger partial charge is 0.354 e. The number of nitrogens with one attached hydrogen (secondary N) is 2. The van der Waals surface area contributed by atoms with Crippen LogP contribution in [0, 0.1) is 0 Å². The molecule has 0 aliphatic rings. The number of benzene rings is 1. The summed E-state index contributed by atoms with van der Waals surface area (Å²) in [6, 6.07) is 5.48. The van der Waals surface area contributed by atoms with Gasteiger partial charge in [-0.25, -0.2) is 0 Å². The van der Waals surface area contributed by atoms with Gasteiger partial charge in [-0.05, 0) is 48.0 Å². The molecule has 0 aromatic heterocycles. The summed E-state index contributed by atoms with van der Waals surface area (Å²) in [4.78, 5) is 23.3. The molecule has 1 aromatic carbocycles. The van der Waals surface area contributed by atoms with Gasteiger partial charge in [-0.3, -0.25) is 9.59 Å². The van der Waals surface area contributed by atoms with E-state index in [4.69, 9.17) is 0 Å². The van der Waals surface area contributed by atoms with Gasteiger partial charge in [-0.2, -0.15) is 0 Å². The Kier molecular flexibility index (Phi) is 6.51. The summed E-state index contributed by atoms with van der Waals surface area (Å²) in [5.41, 5.74) is 0.540. The molecule has 6 heteroatoms. The molecular formula is C13H16Br2N2O2. The van der Waals surface area contributed by atoms with Crippen molar-refractivity contribution in [3.05, 3.63) is 32.7 Å². The molecule has 0 spiro atoms. The SMILES string of the molecule is CC(C)NC(=O)CCNC(=O)c1cc(Br)ccc1Br. The maximum absolute atomic E-state index is 11.9. The Balaban J connectivity index is 2.48. The number of rotatable bonds is 5. The lowest BCUT2D eigenvalue weighted by molar-refractivity contribution is -0.121. The van der Waals surface area contributed by atoms with E-state index in [9.17, 15) is 9.59 Å². The Bertz CT molecular complexity index is 476. The van der Waals surface area contributed by atoms with Crippen molar-refractivity contribution in [2.75, 3.05) is 6.54 Å². The molecule has 0 saturated heterocycles. The Hall–Kier alpha value is -0.880. The molecule has 19 heavy (non-hydrogen) atoms. The van der Waals surface area contributed by atoms with Gasteiger partial charge in [0.25, 0.3) is 5.91 Å². The zero-order valence-corrected chi connectivity index (χ0v) is 14.0. The van der Waals surface area contributed by atoms with Gasteiger partial charge < -0.3 is 10.6 Å². The minimum atomic E-state index is -0.203. The summed E-state index contributed by atoms with van der Waals surface area (Å²) < 4.78 is 1.55. The molecule has 2 N–H and O–H groups in total. The first-order chi connectivity index (χ1) is 8.90. The minimum Gasteiger partial charge on any atom is -0.354 e. The Labute approximate surface area is 129 Å². The highest BCUT2D eigenvalue weighted by atomic mass is 79.9. The molecule has 0 atom stereocenters. The van der Waals surface area contributed by atoms with Crippen molar-refractivity contribution in [3.63, 3.8) is 0 Å². The Morgan fingerprint density at radius 1 is 1.26 bits per heavy atom. The summed E-state index contributed by atoms with van der Waals surface area (Å²) in [5.74, 6) is -0.269. The predicted octanol–water partition coefficient (Wildman–Crippen LogP) is 2.86. The maximum atomic E-state index is 11.9. The standard InChI is InChI=1S/C13H16Br2N2O2/c1-8(2)17-12(18)5-6-16-13(19)10-7-9(14)3-4-11(10)15/h3-4,7-8H,5-6H2,1-2H3,(H,16,19)(H,17,18). The van der Waals surface area contributed by atoms with Crippen LogP contribution in [-0.2, 0) is 4.79 Å². The van der Waals surface area contributed by atoms with Crippen molar-refractivity contribution in [1.29, 1.82) is 0 Å². The molecule has 1 rings (SSSR count). The van der Waals surface area contributed by atoms with Gasteiger partial charge in [-0.15, -0.1) is 0 Å². The summed E-state index contributed by atoms with van der Waals surface area (Å²) in [6.45, 7) is 4.11. The lowest BCUT2D eigenvalue weighted by atomic mass is 10.2. The van der Waals surface area contributed by atoms with Crippen LogP contribution in [-0.4, -0.2) is 24.4 Å². The van der Waals surface area contributed by atoms with Crippen LogP contribution in [0.4, 0.5) is 0 Å². The first kappa shape index (κ1) is 16.2. The molecule has 0 aliphatic heterocycles. The number of carbonyl (C=O) groups is 2. The molecule has 104 valence electrons. The molecular weight excluding hydrogens is 376 g/mol. The van der Waals surface area contributed by atoms with Crippen LogP contribution in [0.5, 0.6) is 0 Å². The van der Waals surface area contributed by atoms with Crippen LogP contribution in [0.1, 0.15) is 30.6 Å². The highest BCUT2D eigenvalue weighted by Crippen LogP contribution is 2.21. The summed E-state index contributed by atoms with van der Waals surface area (Å²) in [6.07, 6.45) is 0.273. The lowest BCUT2D eigenvalue weighted by Gasteiger charge is -2.09. The fraction of sp³-hybridized carbons (Fsp3) is 0.385. The zero-order valence-electron chi connectivity index (χ0n) is 10.8. The molecule has 0 bridgehead atoms. The first-order valence-electron chi connectivity index (χ1n) is 5.92. The average molecular weight is 392 g/mol. The summed E-state index contributed by atoms with van der Waals surface area (Å²) in [5, 5.41) is 5.49. The Morgan fingerprint density at radius 3 is 2.58 bits per heavy atom. The lowest BCUT2D eigenvalue weighted by Crippen LogP contribution is -2.34. The summed E-state index contributed by atoms with van der Waals surface area (Å²) in [7, 11) is 0. The maximum Gasteiger partial charge on any atom is 0.252 e. The molecule has 0 unspecified atom stereocenters. The highest BCUT2D eigenvalue weighted by Gasteiger charge is 2.11. The highest BCUT2D eigenvalue weighted by molar-refractivity contribution is 9.11. The van der Waals surface area contributed by atoms with E-state index in [0.29, 0.717) is 12.1 Å². The van der Waals surface area contributed by atoms with Crippen molar-refractivity contribution < 1.29 is 9.59 Å². The van der Waals surface area contributed by atoms with Crippen molar-refractivity contribution in [1.82, 2.24) is 10.6 Å². The van der Waals surface area contributed by atoms with E-state index < -0.39 is 0 Å². The quantitative estimate of drug-likeness (QED) is 0.810. The second-order valence-corrected chi connectivity index (χ2v) is 6.12. The monoisotopic (exact) mass is 390 g/mol. The third kappa shape index (κ3) is 5.74. The van der Waals surface area contributed by atoms with Gasteiger partial charge in [0.1, 0.15) is 0 Å². The van der Waals surface area contributed by atoms with Crippen molar-refractivity contribution >= 4 is 43.7 Å². The van der Waals surface area contributed by atoms with E-state index in [1.165, 1.54) is 0 Å². The van der Waals surface area contributed by atoms with Gasteiger partial charge in [0.2, 0.25) is 5.91 Å². The molecule has 0 radical (unpaired) electrons. The molecule has 0 saturated carbocycles. The van der Waals surface area contributed by atoms with E-state index in [1.807, 2.05) is 19.9 Å². The van der Waals surface area contributed by atoms with E-state index in [0.717, 1.165) is 8.95 Å². The van der Waals surface area contributed by atoms with Gasteiger partial charge in [0.05, 0.1) is 5.56 Å². The number of carbonyl (C=O) groups excluding carboxylic acids is 2. The van der Waals surface area contributed by atoms with E-state index >= 15 is 0 Å². The predicted molar refractivity (Wildman–Crippen MR) is 82.1 cm³/mol. The van der Waals surface area contributed by atoms with Crippen molar-refractivity contribution in [2.45, 2.75) is 26.3 Å². The van der Waals surface area contributed by atoms with Crippen LogP contribution in [0.15, 0.2) is 27.1 Å². The molecule has 1 aromatic rings. The number of hydrogen-bond donors (Lipinski definition) is 2. The van der Waals surface area contributed by atoms with Crippen LogP contribution in [0.2, 0.25) is 0 Å². The van der Waals surface area contributed by atoms with Crippen molar-refractivity contribution in [2.24, 2.45) is 0 Å². The van der Waals surface area contributed by atoms with Gasteiger partial charge in [0, 0.05) is 28.0 Å². The fourth-order valence-corrected chi connectivity index (χ4v) is 2.24. The van der Waals surface area contributed by atoms with Gasteiger partial charge in [-0.1, -0.05) is 15.9 Å². The average Bonchev–Trinajstić information content (AvgIpc) is 2.31. The second-order valence-electron chi connectivity index (χ2n) is 4.35. The number of amides is 2. The van der Waals surface area contributed by atoms with Crippen LogP contribution in [0.3, 0.4) is 0 Å². The summed E-state index contributed by atoms with van der Waals surface area (Å²) >= 11 is 6.64. The van der Waals surface area contributed by atoms with Crippen LogP contribution >= 0.6 is 31.9 Å². The zero-order chi connectivity index (χ0) is 14.4. The fourth-order valence-electron chi connectivity index (χ4n) is 1.45. The van der Waals surface area contributed by atoms with Crippen LogP contribution < -0.4 is 10.6 Å². The molecule has 2 amide bonds. The minimum absolute atomic E-state index is 0.0661. The Morgan fingerprint density at radius 2 is 1.95 bits per heavy atom. The van der Waals surface area contributed by atoms with Crippen molar-refractivity contribution in [3.8, 4) is 0 Å². The topological polar surface area (TPSA) is 58.2 Å². The van der Waals surface area contributed by atoms with E-state index in [1.54, 1.807) is 12.1 Å². The van der Waals surface area contributed by atoms with Gasteiger partial charge >= 0.3 is 0 Å².